The van der Waals surface area contributed by atoms with Crippen molar-refractivity contribution < 1.29 is 4.79 Å². The van der Waals surface area contributed by atoms with Crippen molar-refractivity contribution in [3.8, 4) is 0 Å². The molecule has 1 heterocycles. The van der Waals surface area contributed by atoms with Crippen LogP contribution in [0, 0.1) is 0 Å². The maximum Gasteiger partial charge on any atom is 0.239 e. The molecule has 0 aliphatic heterocycles. The first-order chi connectivity index (χ1) is 7.67. The number of rotatable bonds is 5. The molecule has 5 nitrogen and oxygen atoms in total. The van der Waals surface area contributed by atoms with Gasteiger partial charge in [-0.1, -0.05) is 6.07 Å². The van der Waals surface area contributed by atoms with Crippen molar-refractivity contribution in [2.24, 2.45) is 0 Å². The molecule has 16 heavy (non-hydrogen) atoms. The van der Waals surface area contributed by atoms with Crippen LogP contribution in [0.5, 0.6) is 0 Å². The Morgan fingerprint density at radius 1 is 1.44 bits per heavy atom. The van der Waals surface area contributed by atoms with Crippen LogP contribution in [0.15, 0.2) is 18.3 Å². The van der Waals surface area contributed by atoms with E-state index in [1.165, 1.54) is 0 Å². The SMILES string of the molecule is CNCc1ccc(N(C)CC(=O)NC)nc1. The molecule has 0 aliphatic rings. The molecule has 0 aromatic carbocycles. The zero-order valence-electron chi connectivity index (χ0n) is 9.95. The Labute approximate surface area is 95.9 Å². The molecule has 1 aromatic heterocycles. The Balaban J connectivity index is 2.62. The van der Waals surface area contributed by atoms with Crippen LogP contribution >= 0.6 is 0 Å². The van der Waals surface area contributed by atoms with Gasteiger partial charge in [0.25, 0.3) is 0 Å². The third-order valence-corrected chi connectivity index (χ3v) is 2.24. The number of pyridine rings is 1. The van der Waals surface area contributed by atoms with Crippen LogP contribution in [0.2, 0.25) is 0 Å². The zero-order valence-corrected chi connectivity index (χ0v) is 9.95. The summed E-state index contributed by atoms with van der Waals surface area (Å²) >= 11 is 0. The predicted molar refractivity (Wildman–Crippen MR) is 64.3 cm³/mol. The number of nitrogens with zero attached hydrogens (tertiary/aromatic N) is 2. The topological polar surface area (TPSA) is 57.3 Å². The number of anilines is 1. The molecule has 1 aromatic rings. The second-order valence-corrected chi connectivity index (χ2v) is 3.58. The summed E-state index contributed by atoms with van der Waals surface area (Å²) in [6.07, 6.45) is 1.81. The minimum Gasteiger partial charge on any atom is -0.358 e. The third kappa shape index (κ3) is 3.51. The van der Waals surface area contributed by atoms with Gasteiger partial charge in [0.05, 0.1) is 6.54 Å². The molecule has 0 spiro atoms. The third-order valence-electron chi connectivity index (χ3n) is 2.24. The lowest BCUT2D eigenvalue weighted by atomic mass is 10.3. The fraction of sp³-hybridized carbons (Fsp3) is 0.455. The molecule has 5 heteroatoms. The van der Waals surface area contributed by atoms with Crippen molar-refractivity contribution in [1.82, 2.24) is 15.6 Å². The second kappa shape index (κ2) is 6.07. The monoisotopic (exact) mass is 222 g/mol. The van der Waals surface area contributed by atoms with Crippen LogP contribution in [0.4, 0.5) is 5.82 Å². The number of likely N-dealkylation sites (N-methyl/N-ethyl adjacent to an activating group) is 2. The zero-order chi connectivity index (χ0) is 12.0. The van der Waals surface area contributed by atoms with E-state index in [0.717, 1.165) is 17.9 Å². The lowest BCUT2D eigenvalue weighted by Gasteiger charge is -2.17. The highest BCUT2D eigenvalue weighted by atomic mass is 16.1. The molecule has 2 N–H and O–H groups in total. The fourth-order valence-electron chi connectivity index (χ4n) is 1.33. The minimum absolute atomic E-state index is 0.0244. The highest BCUT2D eigenvalue weighted by Gasteiger charge is 2.06. The number of hydrogen-bond donors (Lipinski definition) is 2. The number of nitrogens with one attached hydrogen (secondary N) is 2. The van der Waals surface area contributed by atoms with Crippen molar-refractivity contribution in [3.05, 3.63) is 23.9 Å². The number of carbonyl (C=O) groups is 1. The summed E-state index contributed by atoms with van der Waals surface area (Å²) in [4.78, 5) is 17.3. The highest BCUT2D eigenvalue weighted by molar-refractivity contribution is 5.80. The molecule has 0 bridgehead atoms. The first-order valence-electron chi connectivity index (χ1n) is 5.18. The number of amides is 1. The molecule has 0 radical (unpaired) electrons. The molecule has 0 aliphatic carbocycles. The van der Waals surface area contributed by atoms with Gasteiger partial charge in [0.2, 0.25) is 5.91 Å². The molecule has 0 saturated heterocycles. The van der Waals surface area contributed by atoms with Gasteiger partial charge in [-0.3, -0.25) is 4.79 Å². The van der Waals surface area contributed by atoms with Gasteiger partial charge in [0.1, 0.15) is 5.82 Å². The molecule has 0 saturated carbocycles. The van der Waals surface area contributed by atoms with Gasteiger partial charge < -0.3 is 15.5 Å². The summed E-state index contributed by atoms with van der Waals surface area (Å²) in [5.74, 6) is 0.770. The quantitative estimate of drug-likeness (QED) is 0.735. The minimum atomic E-state index is -0.0244. The average Bonchev–Trinajstić information content (AvgIpc) is 2.30. The van der Waals surface area contributed by atoms with Gasteiger partial charge in [-0.25, -0.2) is 4.98 Å². The highest BCUT2D eigenvalue weighted by Crippen LogP contribution is 2.08. The van der Waals surface area contributed by atoms with Crippen molar-refractivity contribution >= 4 is 11.7 Å². The summed E-state index contributed by atoms with van der Waals surface area (Å²) < 4.78 is 0. The first kappa shape index (κ1) is 12.4. The van der Waals surface area contributed by atoms with E-state index in [1.54, 1.807) is 7.05 Å². The molecule has 1 amide bonds. The van der Waals surface area contributed by atoms with Gasteiger partial charge in [-0.05, 0) is 18.7 Å². The summed E-state index contributed by atoms with van der Waals surface area (Å²) in [6, 6.07) is 3.91. The van der Waals surface area contributed by atoms with E-state index in [0.29, 0.717) is 6.54 Å². The van der Waals surface area contributed by atoms with Gasteiger partial charge in [0.15, 0.2) is 0 Å². The van der Waals surface area contributed by atoms with Crippen molar-refractivity contribution in [3.63, 3.8) is 0 Å². The smallest absolute Gasteiger partial charge is 0.239 e. The van der Waals surface area contributed by atoms with Crippen molar-refractivity contribution in [1.29, 1.82) is 0 Å². The standard InChI is InChI=1S/C11H18N4O/c1-12-6-9-4-5-10(14-7-9)15(3)8-11(16)13-2/h4-5,7,12H,6,8H2,1-3H3,(H,13,16). The Bertz CT molecular complexity index is 336. The Morgan fingerprint density at radius 2 is 2.19 bits per heavy atom. The van der Waals surface area contributed by atoms with Gasteiger partial charge >= 0.3 is 0 Å². The molecule has 88 valence electrons. The van der Waals surface area contributed by atoms with Gasteiger partial charge in [-0.2, -0.15) is 0 Å². The van der Waals surface area contributed by atoms with Gasteiger partial charge in [0, 0.05) is 26.8 Å². The van der Waals surface area contributed by atoms with Crippen LogP contribution in [-0.4, -0.2) is 38.6 Å². The summed E-state index contributed by atoms with van der Waals surface area (Å²) in [5, 5.41) is 5.64. The van der Waals surface area contributed by atoms with Crippen LogP contribution < -0.4 is 15.5 Å². The lowest BCUT2D eigenvalue weighted by molar-refractivity contribution is -0.119. The van der Waals surface area contributed by atoms with E-state index in [1.807, 2.05) is 37.3 Å². The van der Waals surface area contributed by atoms with Crippen LogP contribution in [-0.2, 0) is 11.3 Å². The second-order valence-electron chi connectivity index (χ2n) is 3.58. The van der Waals surface area contributed by atoms with Crippen molar-refractivity contribution in [2.75, 3.05) is 32.6 Å². The number of carbonyl (C=O) groups excluding carboxylic acids is 1. The molecule has 1 rings (SSSR count). The Hall–Kier alpha value is -1.62. The summed E-state index contributed by atoms with van der Waals surface area (Å²) in [6.45, 7) is 1.11. The maximum atomic E-state index is 11.2. The van der Waals surface area contributed by atoms with Crippen LogP contribution in [0.25, 0.3) is 0 Å². The Morgan fingerprint density at radius 3 is 2.69 bits per heavy atom. The van der Waals surface area contributed by atoms with E-state index in [-0.39, 0.29) is 5.91 Å². The maximum absolute atomic E-state index is 11.2. The van der Waals surface area contributed by atoms with E-state index in [2.05, 4.69) is 15.6 Å². The molecular formula is C11H18N4O. The predicted octanol–water partition coefficient (Wildman–Crippen LogP) is -0.0168. The summed E-state index contributed by atoms with van der Waals surface area (Å²) in [5.41, 5.74) is 1.12. The first-order valence-corrected chi connectivity index (χ1v) is 5.18. The largest absolute Gasteiger partial charge is 0.358 e. The number of hydrogen-bond acceptors (Lipinski definition) is 4. The fourth-order valence-corrected chi connectivity index (χ4v) is 1.33. The van der Waals surface area contributed by atoms with E-state index < -0.39 is 0 Å². The normalized spacial score (nSPS) is 9.94. The molecular weight excluding hydrogens is 204 g/mol. The number of aromatic nitrogens is 1. The molecule has 0 fully saturated rings. The molecule has 0 unspecified atom stereocenters. The Kier molecular flexibility index (Phi) is 4.72. The van der Waals surface area contributed by atoms with E-state index in [4.69, 9.17) is 0 Å². The van der Waals surface area contributed by atoms with Crippen LogP contribution in [0.1, 0.15) is 5.56 Å². The van der Waals surface area contributed by atoms with E-state index >= 15 is 0 Å². The van der Waals surface area contributed by atoms with E-state index in [9.17, 15) is 4.79 Å². The molecule has 0 atom stereocenters. The van der Waals surface area contributed by atoms with Crippen molar-refractivity contribution in [2.45, 2.75) is 6.54 Å². The average molecular weight is 222 g/mol. The van der Waals surface area contributed by atoms with Gasteiger partial charge in [-0.15, -0.1) is 0 Å². The lowest BCUT2D eigenvalue weighted by Crippen LogP contribution is -2.33. The summed E-state index contributed by atoms with van der Waals surface area (Å²) in [7, 11) is 5.36. The van der Waals surface area contributed by atoms with Crippen LogP contribution in [0.3, 0.4) is 0 Å².